The van der Waals surface area contributed by atoms with E-state index in [1.807, 2.05) is 12.1 Å². The van der Waals surface area contributed by atoms with E-state index in [2.05, 4.69) is 20.9 Å². The number of Topliss-reactive ketones (excluding diaryl/α,β-unsaturated/α-hetero) is 1. The average Bonchev–Trinajstić information content (AvgIpc) is 2.82. The number of halogens is 2. The van der Waals surface area contributed by atoms with E-state index >= 15 is 0 Å². The van der Waals surface area contributed by atoms with Crippen molar-refractivity contribution in [2.75, 3.05) is 6.54 Å². The summed E-state index contributed by atoms with van der Waals surface area (Å²) in [5.74, 6) is -0.0243. The third kappa shape index (κ3) is 3.86. The molecule has 0 saturated carbocycles. The van der Waals surface area contributed by atoms with Crippen LogP contribution in [-0.2, 0) is 12.8 Å². The second-order valence-corrected chi connectivity index (χ2v) is 6.27. The summed E-state index contributed by atoms with van der Waals surface area (Å²) in [6.45, 7) is 0.541. The monoisotopic (exact) mass is 358 g/mol. The standard InChI is InChI=1S/C13H12BrClN2OS/c14-9-2-1-8(10(15)6-9)5-12(18)11-7-19-13(17-11)3-4-16/h1-2,6-7H,3-5,16H2. The fourth-order valence-electron chi connectivity index (χ4n) is 1.61. The van der Waals surface area contributed by atoms with Crippen LogP contribution < -0.4 is 5.73 Å². The maximum Gasteiger partial charge on any atom is 0.186 e. The van der Waals surface area contributed by atoms with E-state index in [9.17, 15) is 4.79 Å². The van der Waals surface area contributed by atoms with Crippen LogP contribution in [0.5, 0.6) is 0 Å². The maximum absolute atomic E-state index is 12.1. The van der Waals surface area contributed by atoms with Crippen LogP contribution in [0.25, 0.3) is 0 Å². The summed E-state index contributed by atoms with van der Waals surface area (Å²) in [5.41, 5.74) is 6.76. The quantitative estimate of drug-likeness (QED) is 0.831. The number of hydrogen-bond donors (Lipinski definition) is 1. The van der Waals surface area contributed by atoms with Gasteiger partial charge in [0.15, 0.2) is 5.78 Å². The first-order chi connectivity index (χ1) is 9.10. The third-order valence-electron chi connectivity index (χ3n) is 2.56. The van der Waals surface area contributed by atoms with E-state index < -0.39 is 0 Å². The van der Waals surface area contributed by atoms with Crippen molar-refractivity contribution >= 4 is 44.7 Å². The van der Waals surface area contributed by atoms with Crippen molar-refractivity contribution in [1.82, 2.24) is 4.98 Å². The van der Waals surface area contributed by atoms with E-state index in [4.69, 9.17) is 17.3 Å². The predicted molar refractivity (Wildman–Crippen MR) is 82.1 cm³/mol. The van der Waals surface area contributed by atoms with Crippen LogP contribution in [0, 0.1) is 0 Å². The minimum atomic E-state index is -0.0243. The number of aromatic nitrogens is 1. The highest BCUT2D eigenvalue weighted by atomic mass is 79.9. The summed E-state index contributed by atoms with van der Waals surface area (Å²) in [4.78, 5) is 16.4. The number of thiazole rings is 1. The molecule has 1 heterocycles. The van der Waals surface area contributed by atoms with E-state index in [1.54, 1.807) is 11.4 Å². The molecule has 0 radical (unpaired) electrons. The third-order valence-corrected chi connectivity index (χ3v) is 4.32. The fourth-order valence-corrected chi connectivity index (χ4v) is 3.16. The van der Waals surface area contributed by atoms with Crippen LogP contribution in [0.1, 0.15) is 21.1 Å². The number of benzene rings is 1. The van der Waals surface area contributed by atoms with Crippen molar-refractivity contribution < 1.29 is 4.79 Å². The van der Waals surface area contributed by atoms with Crippen molar-refractivity contribution in [1.29, 1.82) is 0 Å². The van der Waals surface area contributed by atoms with Gasteiger partial charge in [-0.25, -0.2) is 4.98 Å². The molecule has 0 unspecified atom stereocenters. The summed E-state index contributed by atoms with van der Waals surface area (Å²) >= 11 is 10.9. The van der Waals surface area contributed by atoms with Crippen LogP contribution in [0.2, 0.25) is 5.02 Å². The molecule has 1 aromatic carbocycles. The lowest BCUT2D eigenvalue weighted by molar-refractivity contribution is 0.0988. The van der Waals surface area contributed by atoms with E-state index in [0.717, 1.165) is 15.0 Å². The molecule has 2 aromatic rings. The fraction of sp³-hybridized carbons (Fsp3) is 0.231. The maximum atomic E-state index is 12.1. The van der Waals surface area contributed by atoms with Crippen LogP contribution in [-0.4, -0.2) is 17.3 Å². The Morgan fingerprint density at radius 2 is 2.26 bits per heavy atom. The predicted octanol–water partition coefficient (Wildman–Crippen LogP) is 3.49. The summed E-state index contributed by atoms with van der Waals surface area (Å²) in [6.07, 6.45) is 0.967. The molecule has 0 spiro atoms. The smallest absolute Gasteiger partial charge is 0.186 e. The molecule has 0 bridgehead atoms. The van der Waals surface area contributed by atoms with Crippen LogP contribution in [0.3, 0.4) is 0 Å². The summed E-state index contributed by atoms with van der Waals surface area (Å²) in [6, 6.07) is 5.50. The van der Waals surface area contributed by atoms with Gasteiger partial charge in [0.2, 0.25) is 0 Å². The van der Waals surface area contributed by atoms with Gasteiger partial charge in [-0.15, -0.1) is 11.3 Å². The lowest BCUT2D eigenvalue weighted by Gasteiger charge is -2.02. The number of nitrogens with two attached hydrogens (primary N) is 1. The molecular formula is C13H12BrClN2OS. The van der Waals surface area contributed by atoms with Gasteiger partial charge < -0.3 is 5.73 Å². The molecule has 1 aromatic heterocycles. The van der Waals surface area contributed by atoms with Gasteiger partial charge in [0.1, 0.15) is 5.69 Å². The molecule has 100 valence electrons. The molecule has 0 fully saturated rings. The Hall–Kier alpha value is -0.750. The number of rotatable bonds is 5. The number of ketones is 1. The van der Waals surface area contributed by atoms with Crippen LogP contribution >= 0.6 is 38.9 Å². The normalized spacial score (nSPS) is 10.7. The van der Waals surface area contributed by atoms with Gasteiger partial charge in [-0.3, -0.25) is 4.79 Å². The zero-order valence-corrected chi connectivity index (χ0v) is 13.2. The van der Waals surface area contributed by atoms with Gasteiger partial charge in [-0.05, 0) is 24.2 Å². The lowest BCUT2D eigenvalue weighted by Crippen LogP contribution is -2.06. The Labute approximate surface area is 128 Å². The largest absolute Gasteiger partial charge is 0.330 e. The van der Waals surface area contributed by atoms with Crippen LogP contribution in [0.4, 0.5) is 0 Å². The summed E-state index contributed by atoms with van der Waals surface area (Å²) < 4.78 is 0.896. The Bertz CT molecular complexity index is 600. The molecule has 2 rings (SSSR count). The van der Waals surface area contributed by atoms with Crippen LogP contribution in [0.15, 0.2) is 28.1 Å². The molecule has 0 aliphatic rings. The number of nitrogens with zero attached hydrogens (tertiary/aromatic N) is 1. The van der Waals surface area contributed by atoms with E-state index in [0.29, 0.717) is 23.7 Å². The average molecular weight is 360 g/mol. The van der Waals surface area contributed by atoms with Gasteiger partial charge in [-0.2, -0.15) is 0 Å². The molecule has 0 aliphatic heterocycles. The molecular weight excluding hydrogens is 348 g/mol. The summed E-state index contributed by atoms with van der Waals surface area (Å²) in [7, 11) is 0. The number of hydrogen-bond acceptors (Lipinski definition) is 4. The Morgan fingerprint density at radius 3 is 2.95 bits per heavy atom. The summed E-state index contributed by atoms with van der Waals surface area (Å²) in [5, 5.41) is 3.26. The molecule has 0 atom stereocenters. The van der Waals surface area contributed by atoms with Gasteiger partial charge in [0.05, 0.1) is 5.01 Å². The number of carbonyl (C=O) groups is 1. The SMILES string of the molecule is NCCc1nc(C(=O)Cc2ccc(Br)cc2Cl)cs1. The minimum absolute atomic E-state index is 0.0243. The molecule has 0 amide bonds. The molecule has 0 saturated heterocycles. The topological polar surface area (TPSA) is 56.0 Å². The highest BCUT2D eigenvalue weighted by Gasteiger charge is 2.13. The Balaban J connectivity index is 2.11. The first-order valence-corrected chi connectivity index (χ1v) is 7.77. The van der Waals surface area contributed by atoms with Crippen molar-refractivity contribution in [2.24, 2.45) is 5.73 Å². The van der Waals surface area contributed by atoms with E-state index in [1.165, 1.54) is 11.3 Å². The zero-order valence-electron chi connectivity index (χ0n) is 10.0. The molecule has 6 heteroatoms. The van der Waals surface area contributed by atoms with Crippen molar-refractivity contribution in [2.45, 2.75) is 12.8 Å². The molecule has 2 N–H and O–H groups in total. The minimum Gasteiger partial charge on any atom is -0.330 e. The Kier molecular flexibility index (Phi) is 5.10. The van der Waals surface area contributed by atoms with E-state index in [-0.39, 0.29) is 12.2 Å². The van der Waals surface area contributed by atoms with Gasteiger partial charge in [-0.1, -0.05) is 33.6 Å². The molecule has 3 nitrogen and oxygen atoms in total. The van der Waals surface area contributed by atoms with Crippen molar-refractivity contribution in [3.63, 3.8) is 0 Å². The Morgan fingerprint density at radius 1 is 1.47 bits per heavy atom. The van der Waals surface area contributed by atoms with Gasteiger partial charge in [0, 0.05) is 27.7 Å². The zero-order chi connectivity index (χ0) is 13.8. The first kappa shape index (κ1) is 14.7. The van der Waals surface area contributed by atoms with Crippen molar-refractivity contribution in [3.8, 4) is 0 Å². The van der Waals surface area contributed by atoms with Gasteiger partial charge in [0.25, 0.3) is 0 Å². The lowest BCUT2D eigenvalue weighted by atomic mass is 10.1. The highest BCUT2D eigenvalue weighted by molar-refractivity contribution is 9.10. The number of carbonyl (C=O) groups excluding carboxylic acids is 1. The second kappa shape index (κ2) is 6.61. The molecule has 19 heavy (non-hydrogen) atoms. The second-order valence-electron chi connectivity index (χ2n) is 4.00. The van der Waals surface area contributed by atoms with Gasteiger partial charge >= 0.3 is 0 Å². The first-order valence-electron chi connectivity index (χ1n) is 5.71. The molecule has 0 aliphatic carbocycles. The highest BCUT2D eigenvalue weighted by Crippen LogP contribution is 2.23. The van der Waals surface area contributed by atoms with Crippen molar-refractivity contribution in [3.05, 3.63) is 49.3 Å².